The van der Waals surface area contributed by atoms with Crippen LogP contribution in [-0.4, -0.2) is 22.6 Å². The maximum absolute atomic E-state index is 5.58. The van der Waals surface area contributed by atoms with Crippen LogP contribution in [0.3, 0.4) is 0 Å². The van der Waals surface area contributed by atoms with Crippen molar-refractivity contribution in [3.05, 3.63) is 59.7 Å². The molecule has 0 aliphatic carbocycles. The van der Waals surface area contributed by atoms with Gasteiger partial charge in [-0.1, -0.05) is 30.3 Å². The van der Waals surface area contributed by atoms with E-state index in [0.717, 1.165) is 11.3 Å². The lowest BCUT2D eigenvalue weighted by Crippen LogP contribution is -2.35. The molecular formula is C17H23N3O. The van der Waals surface area contributed by atoms with Gasteiger partial charge in [-0.15, -0.1) is 0 Å². The first-order chi connectivity index (χ1) is 9.99. The zero-order valence-corrected chi connectivity index (χ0v) is 13.1. The summed E-state index contributed by atoms with van der Waals surface area (Å²) >= 11 is 0. The maximum Gasteiger partial charge on any atom is 0.162 e. The van der Waals surface area contributed by atoms with Crippen LogP contribution in [0.15, 0.2) is 42.6 Å². The van der Waals surface area contributed by atoms with E-state index in [-0.39, 0.29) is 11.6 Å². The molecule has 0 spiro atoms. The molecule has 21 heavy (non-hydrogen) atoms. The number of hydrogen-bond donors (Lipinski definition) is 1. The van der Waals surface area contributed by atoms with Crippen molar-refractivity contribution in [2.75, 3.05) is 7.11 Å². The summed E-state index contributed by atoms with van der Waals surface area (Å²) in [6, 6.07) is 12.0. The minimum absolute atomic E-state index is 0.0607. The van der Waals surface area contributed by atoms with Crippen molar-refractivity contribution >= 4 is 0 Å². The normalized spacial score (nSPS) is 13.1. The Morgan fingerprint density at radius 3 is 2.48 bits per heavy atom. The predicted octanol–water partition coefficient (Wildman–Crippen LogP) is 3.10. The van der Waals surface area contributed by atoms with E-state index in [2.05, 4.69) is 36.1 Å². The van der Waals surface area contributed by atoms with Crippen LogP contribution in [0.2, 0.25) is 0 Å². The highest BCUT2D eigenvalue weighted by Crippen LogP contribution is 2.22. The molecule has 1 aromatic carbocycles. The van der Waals surface area contributed by atoms with Gasteiger partial charge in [-0.3, -0.25) is 0 Å². The number of hydrogen-bond acceptors (Lipinski definition) is 4. The van der Waals surface area contributed by atoms with Crippen molar-refractivity contribution in [2.24, 2.45) is 0 Å². The molecule has 0 aliphatic rings. The lowest BCUT2D eigenvalue weighted by atomic mass is 10.1. The second kappa shape index (κ2) is 6.78. The molecule has 112 valence electrons. The Balaban J connectivity index is 2.19. The maximum atomic E-state index is 5.58. The third-order valence-corrected chi connectivity index (χ3v) is 3.10. The molecule has 0 saturated heterocycles. The van der Waals surface area contributed by atoms with Gasteiger partial charge in [0.25, 0.3) is 0 Å². The van der Waals surface area contributed by atoms with E-state index in [1.807, 2.05) is 36.4 Å². The van der Waals surface area contributed by atoms with E-state index in [4.69, 9.17) is 4.74 Å². The van der Waals surface area contributed by atoms with E-state index in [1.165, 1.54) is 0 Å². The van der Waals surface area contributed by atoms with Gasteiger partial charge in [-0.05, 0) is 32.4 Å². The Hall–Kier alpha value is -1.78. The predicted molar refractivity (Wildman–Crippen MR) is 83.9 cm³/mol. The molecule has 2 aromatic rings. The van der Waals surface area contributed by atoms with E-state index in [1.54, 1.807) is 13.3 Å². The quantitative estimate of drug-likeness (QED) is 0.917. The third-order valence-electron chi connectivity index (χ3n) is 3.10. The van der Waals surface area contributed by atoms with Crippen LogP contribution in [0, 0.1) is 0 Å². The first kappa shape index (κ1) is 15.6. The monoisotopic (exact) mass is 285 g/mol. The van der Waals surface area contributed by atoms with Crippen LogP contribution >= 0.6 is 0 Å². The molecule has 1 aromatic heterocycles. The number of benzene rings is 1. The number of aromatic nitrogens is 2. The topological polar surface area (TPSA) is 47.0 Å². The molecule has 1 unspecified atom stereocenters. The first-order valence-corrected chi connectivity index (χ1v) is 7.14. The molecule has 0 aliphatic heterocycles. The van der Waals surface area contributed by atoms with Crippen LogP contribution in [0.4, 0.5) is 0 Å². The SMILES string of the molecule is COC(c1ccccc1)c1nccc(CNC(C)(C)C)n1. The molecule has 4 nitrogen and oxygen atoms in total. The summed E-state index contributed by atoms with van der Waals surface area (Å²) in [7, 11) is 1.68. The average molecular weight is 285 g/mol. The highest BCUT2D eigenvalue weighted by Gasteiger charge is 2.17. The smallest absolute Gasteiger partial charge is 0.162 e. The summed E-state index contributed by atoms with van der Waals surface area (Å²) in [6.45, 7) is 7.12. The molecule has 1 N–H and O–H groups in total. The summed E-state index contributed by atoms with van der Waals surface area (Å²) in [5, 5.41) is 3.43. The summed E-state index contributed by atoms with van der Waals surface area (Å²) in [4.78, 5) is 8.99. The highest BCUT2D eigenvalue weighted by molar-refractivity contribution is 5.23. The lowest BCUT2D eigenvalue weighted by molar-refractivity contribution is 0.128. The van der Waals surface area contributed by atoms with Crippen molar-refractivity contribution in [1.29, 1.82) is 0 Å². The second-order valence-electron chi connectivity index (χ2n) is 6.04. The summed E-state index contributed by atoms with van der Waals surface area (Å²) < 4.78 is 5.58. The van der Waals surface area contributed by atoms with Gasteiger partial charge in [0.05, 0.1) is 5.69 Å². The van der Waals surface area contributed by atoms with Gasteiger partial charge in [0, 0.05) is 25.4 Å². The average Bonchev–Trinajstić information content (AvgIpc) is 2.47. The Morgan fingerprint density at radius 2 is 1.86 bits per heavy atom. The number of nitrogens with zero attached hydrogens (tertiary/aromatic N) is 2. The van der Waals surface area contributed by atoms with Crippen molar-refractivity contribution < 1.29 is 4.74 Å². The van der Waals surface area contributed by atoms with Crippen LogP contribution in [0.1, 0.15) is 44.0 Å². The van der Waals surface area contributed by atoms with Gasteiger partial charge >= 0.3 is 0 Å². The van der Waals surface area contributed by atoms with Crippen molar-refractivity contribution in [1.82, 2.24) is 15.3 Å². The second-order valence-corrected chi connectivity index (χ2v) is 6.04. The lowest BCUT2D eigenvalue weighted by Gasteiger charge is -2.20. The van der Waals surface area contributed by atoms with Crippen molar-refractivity contribution in [2.45, 2.75) is 39.0 Å². The van der Waals surface area contributed by atoms with Crippen molar-refractivity contribution in [3.8, 4) is 0 Å². The highest BCUT2D eigenvalue weighted by atomic mass is 16.5. The van der Waals surface area contributed by atoms with Crippen LogP contribution in [0.25, 0.3) is 0 Å². The molecule has 1 atom stereocenters. The van der Waals surface area contributed by atoms with Gasteiger partial charge in [-0.2, -0.15) is 0 Å². The van der Waals surface area contributed by atoms with E-state index >= 15 is 0 Å². The Labute approximate surface area is 126 Å². The minimum atomic E-state index is -0.235. The fourth-order valence-electron chi connectivity index (χ4n) is 2.01. The van der Waals surface area contributed by atoms with Gasteiger partial charge in [0.1, 0.15) is 6.10 Å². The number of methoxy groups -OCH3 is 1. The molecule has 4 heteroatoms. The molecule has 0 fully saturated rings. The summed E-state index contributed by atoms with van der Waals surface area (Å²) in [6.07, 6.45) is 1.55. The number of nitrogens with one attached hydrogen (secondary N) is 1. The Morgan fingerprint density at radius 1 is 1.14 bits per heavy atom. The summed E-state index contributed by atoms with van der Waals surface area (Å²) in [5.74, 6) is 0.692. The van der Waals surface area contributed by atoms with Crippen molar-refractivity contribution in [3.63, 3.8) is 0 Å². The standard InChI is InChI=1S/C17H23N3O/c1-17(2,3)19-12-14-10-11-18-16(20-14)15(21-4)13-8-6-5-7-9-13/h5-11,15,19H,12H2,1-4H3. The van der Waals surface area contributed by atoms with Gasteiger partial charge in [0.2, 0.25) is 0 Å². The van der Waals surface area contributed by atoms with Crippen LogP contribution in [0.5, 0.6) is 0 Å². The van der Waals surface area contributed by atoms with E-state index in [9.17, 15) is 0 Å². The molecule has 2 rings (SSSR count). The number of ether oxygens (including phenoxy) is 1. The van der Waals surface area contributed by atoms with Gasteiger partial charge < -0.3 is 10.1 Å². The number of rotatable bonds is 5. The van der Waals surface area contributed by atoms with Gasteiger partial charge in [0.15, 0.2) is 5.82 Å². The molecule has 0 amide bonds. The molecule has 1 heterocycles. The Kier molecular flexibility index (Phi) is 5.04. The molecule has 0 saturated carbocycles. The fourth-order valence-corrected chi connectivity index (χ4v) is 2.01. The third kappa shape index (κ3) is 4.62. The molecule has 0 radical (unpaired) electrons. The van der Waals surface area contributed by atoms with E-state index < -0.39 is 0 Å². The molecular weight excluding hydrogens is 262 g/mol. The van der Waals surface area contributed by atoms with E-state index in [0.29, 0.717) is 12.4 Å². The molecule has 0 bridgehead atoms. The largest absolute Gasteiger partial charge is 0.369 e. The fraction of sp³-hybridized carbons (Fsp3) is 0.412. The van der Waals surface area contributed by atoms with Crippen LogP contribution < -0.4 is 5.32 Å². The zero-order chi connectivity index (χ0) is 15.3. The Bertz CT molecular complexity index is 564. The minimum Gasteiger partial charge on any atom is -0.369 e. The van der Waals surface area contributed by atoms with Crippen LogP contribution in [-0.2, 0) is 11.3 Å². The summed E-state index contributed by atoms with van der Waals surface area (Å²) in [5.41, 5.74) is 2.08. The first-order valence-electron chi connectivity index (χ1n) is 7.14. The van der Waals surface area contributed by atoms with Gasteiger partial charge in [-0.25, -0.2) is 9.97 Å². The zero-order valence-electron chi connectivity index (χ0n) is 13.1.